The molecule has 100 valence electrons. The third kappa shape index (κ3) is 2.70. The van der Waals surface area contributed by atoms with Crippen molar-refractivity contribution in [2.24, 2.45) is 28.9 Å². The molecule has 3 unspecified atom stereocenters. The van der Waals surface area contributed by atoms with Crippen LogP contribution in [0.5, 0.6) is 0 Å². The van der Waals surface area contributed by atoms with Gasteiger partial charge in [-0.05, 0) is 61.7 Å². The van der Waals surface area contributed by atoms with E-state index < -0.39 is 0 Å². The molecule has 0 spiro atoms. The first-order valence-electron chi connectivity index (χ1n) is 7.83. The Morgan fingerprint density at radius 3 is 2.06 bits per heavy atom. The highest BCUT2D eigenvalue weighted by molar-refractivity contribution is 4.97. The molecule has 2 saturated carbocycles. The first kappa shape index (κ1) is 13.4. The molecule has 3 atom stereocenters. The van der Waals surface area contributed by atoms with Crippen molar-refractivity contribution in [1.29, 1.82) is 0 Å². The minimum Gasteiger partial charge on any atom is -0.327 e. The molecule has 2 rings (SSSR count). The van der Waals surface area contributed by atoms with Crippen LogP contribution >= 0.6 is 0 Å². The topological polar surface area (TPSA) is 26.0 Å². The summed E-state index contributed by atoms with van der Waals surface area (Å²) in [5.74, 6) is 2.59. The number of hydrogen-bond donors (Lipinski definition) is 1. The zero-order valence-corrected chi connectivity index (χ0v) is 12.0. The Labute approximate surface area is 108 Å². The van der Waals surface area contributed by atoms with Crippen molar-refractivity contribution in [1.82, 2.24) is 0 Å². The average molecular weight is 237 g/mol. The summed E-state index contributed by atoms with van der Waals surface area (Å²) in [5.41, 5.74) is 7.23. The van der Waals surface area contributed by atoms with E-state index in [1.54, 1.807) is 0 Å². The lowest BCUT2D eigenvalue weighted by molar-refractivity contribution is 0.104. The van der Waals surface area contributed by atoms with Gasteiger partial charge in [0.25, 0.3) is 0 Å². The Morgan fingerprint density at radius 2 is 1.59 bits per heavy atom. The van der Waals surface area contributed by atoms with Crippen LogP contribution in [0.1, 0.15) is 72.1 Å². The van der Waals surface area contributed by atoms with Crippen molar-refractivity contribution in [3.8, 4) is 0 Å². The smallest absolute Gasteiger partial charge is 0.0124 e. The average Bonchev–Trinajstić information content (AvgIpc) is 2.76. The molecule has 0 aromatic rings. The normalized spacial score (nSPS) is 39.2. The fourth-order valence-corrected chi connectivity index (χ4v) is 4.80. The van der Waals surface area contributed by atoms with Crippen molar-refractivity contribution in [3.05, 3.63) is 0 Å². The summed E-state index contributed by atoms with van der Waals surface area (Å²) in [6.45, 7) is 7.20. The van der Waals surface area contributed by atoms with Gasteiger partial charge in [0.15, 0.2) is 0 Å². The molecule has 0 bridgehead atoms. The van der Waals surface area contributed by atoms with Gasteiger partial charge in [-0.2, -0.15) is 0 Å². The third-order valence-electron chi connectivity index (χ3n) is 5.73. The molecule has 2 aliphatic rings. The van der Waals surface area contributed by atoms with E-state index in [2.05, 4.69) is 20.8 Å². The van der Waals surface area contributed by atoms with Gasteiger partial charge in [-0.3, -0.25) is 0 Å². The van der Waals surface area contributed by atoms with E-state index >= 15 is 0 Å². The molecule has 0 aromatic carbocycles. The zero-order chi connectivity index (χ0) is 12.5. The highest BCUT2D eigenvalue weighted by Crippen LogP contribution is 2.48. The highest BCUT2D eigenvalue weighted by Gasteiger charge is 2.42. The van der Waals surface area contributed by atoms with Gasteiger partial charge < -0.3 is 5.73 Å². The summed E-state index contributed by atoms with van der Waals surface area (Å²) in [6.07, 6.45) is 11.1. The molecule has 2 fully saturated rings. The molecule has 17 heavy (non-hydrogen) atoms. The van der Waals surface area contributed by atoms with Crippen LogP contribution < -0.4 is 5.73 Å². The minimum absolute atomic E-state index is 0.472. The standard InChI is InChI=1S/C16H31N/c1-4-16(7-5-6-8-16)15(17)14-10-12(2)9-13(3)11-14/h12-15H,4-11,17H2,1-3H3. The van der Waals surface area contributed by atoms with Crippen LogP contribution in [0, 0.1) is 23.2 Å². The summed E-state index contributed by atoms with van der Waals surface area (Å²) >= 11 is 0. The summed E-state index contributed by atoms with van der Waals surface area (Å²) in [7, 11) is 0. The number of rotatable bonds is 3. The largest absolute Gasteiger partial charge is 0.327 e. The number of hydrogen-bond acceptors (Lipinski definition) is 1. The molecular formula is C16H31N. The Morgan fingerprint density at radius 1 is 1.06 bits per heavy atom. The SMILES string of the molecule is CCC1(C(N)C2CC(C)CC(C)C2)CCCC1. The molecule has 2 aliphatic carbocycles. The molecule has 0 aromatic heterocycles. The molecule has 2 N–H and O–H groups in total. The summed E-state index contributed by atoms with van der Waals surface area (Å²) in [6, 6.07) is 0.472. The lowest BCUT2D eigenvalue weighted by Crippen LogP contribution is -2.47. The lowest BCUT2D eigenvalue weighted by atomic mass is 9.65. The molecule has 0 heterocycles. The zero-order valence-electron chi connectivity index (χ0n) is 12.0. The molecule has 1 heteroatoms. The second-order valence-corrected chi connectivity index (χ2v) is 7.13. The van der Waals surface area contributed by atoms with Crippen LogP contribution in [-0.4, -0.2) is 6.04 Å². The fourth-order valence-electron chi connectivity index (χ4n) is 4.80. The van der Waals surface area contributed by atoms with Gasteiger partial charge in [-0.1, -0.05) is 33.6 Å². The second kappa shape index (κ2) is 5.30. The van der Waals surface area contributed by atoms with Gasteiger partial charge in [0, 0.05) is 6.04 Å². The van der Waals surface area contributed by atoms with E-state index in [-0.39, 0.29) is 0 Å². The molecule has 1 nitrogen and oxygen atoms in total. The Balaban J connectivity index is 2.04. The Hall–Kier alpha value is -0.0400. The molecule has 0 amide bonds. The second-order valence-electron chi connectivity index (χ2n) is 7.13. The van der Waals surface area contributed by atoms with Gasteiger partial charge in [0.2, 0.25) is 0 Å². The van der Waals surface area contributed by atoms with E-state index in [9.17, 15) is 0 Å². The van der Waals surface area contributed by atoms with Gasteiger partial charge >= 0.3 is 0 Å². The third-order valence-corrected chi connectivity index (χ3v) is 5.73. The molecule has 0 radical (unpaired) electrons. The van der Waals surface area contributed by atoms with E-state index in [0.29, 0.717) is 11.5 Å². The van der Waals surface area contributed by atoms with Crippen LogP contribution in [0.3, 0.4) is 0 Å². The Bertz CT molecular complexity index is 232. The monoisotopic (exact) mass is 237 g/mol. The highest BCUT2D eigenvalue weighted by atomic mass is 14.7. The van der Waals surface area contributed by atoms with Crippen LogP contribution in [-0.2, 0) is 0 Å². The summed E-state index contributed by atoms with van der Waals surface area (Å²) in [5, 5.41) is 0. The van der Waals surface area contributed by atoms with Crippen molar-refractivity contribution in [2.75, 3.05) is 0 Å². The van der Waals surface area contributed by atoms with Crippen molar-refractivity contribution in [2.45, 2.75) is 78.2 Å². The maximum Gasteiger partial charge on any atom is 0.0124 e. The Kier molecular flexibility index (Phi) is 4.18. The van der Waals surface area contributed by atoms with Crippen molar-refractivity contribution < 1.29 is 0 Å². The van der Waals surface area contributed by atoms with Gasteiger partial charge in [-0.25, -0.2) is 0 Å². The molecular weight excluding hydrogens is 206 g/mol. The van der Waals surface area contributed by atoms with Crippen molar-refractivity contribution >= 4 is 0 Å². The van der Waals surface area contributed by atoms with E-state index in [0.717, 1.165) is 17.8 Å². The lowest BCUT2D eigenvalue weighted by Gasteiger charge is -2.43. The first-order valence-corrected chi connectivity index (χ1v) is 7.83. The predicted octanol–water partition coefficient (Wildman–Crippen LogP) is 4.36. The van der Waals surface area contributed by atoms with Crippen LogP contribution in [0.15, 0.2) is 0 Å². The first-order chi connectivity index (χ1) is 8.07. The maximum absolute atomic E-state index is 6.72. The van der Waals surface area contributed by atoms with Gasteiger partial charge in [-0.15, -0.1) is 0 Å². The summed E-state index contributed by atoms with van der Waals surface area (Å²) < 4.78 is 0. The van der Waals surface area contributed by atoms with Crippen LogP contribution in [0.4, 0.5) is 0 Å². The van der Waals surface area contributed by atoms with Crippen LogP contribution in [0.2, 0.25) is 0 Å². The van der Waals surface area contributed by atoms with E-state index in [1.165, 1.54) is 51.4 Å². The number of nitrogens with two attached hydrogens (primary N) is 1. The van der Waals surface area contributed by atoms with E-state index in [4.69, 9.17) is 5.73 Å². The fraction of sp³-hybridized carbons (Fsp3) is 1.00. The van der Waals surface area contributed by atoms with Gasteiger partial charge in [0.1, 0.15) is 0 Å². The predicted molar refractivity (Wildman–Crippen MR) is 74.8 cm³/mol. The van der Waals surface area contributed by atoms with E-state index in [1.807, 2.05) is 0 Å². The van der Waals surface area contributed by atoms with Crippen LogP contribution in [0.25, 0.3) is 0 Å². The van der Waals surface area contributed by atoms with Gasteiger partial charge in [0.05, 0.1) is 0 Å². The summed E-state index contributed by atoms with van der Waals surface area (Å²) in [4.78, 5) is 0. The quantitative estimate of drug-likeness (QED) is 0.775. The molecule has 0 saturated heterocycles. The van der Waals surface area contributed by atoms with Crippen molar-refractivity contribution in [3.63, 3.8) is 0 Å². The molecule has 0 aliphatic heterocycles. The maximum atomic E-state index is 6.72. The minimum atomic E-state index is 0.472.